The Labute approximate surface area is 99.1 Å². The standard InChI is InChI=1S/C12H26N2O2/c1-3-4-5-9-14(10-6-8-13)11-7-12(15)16-2/h3-11,13H2,1-2H3. The first-order valence-electron chi connectivity index (χ1n) is 6.23. The van der Waals surface area contributed by atoms with Gasteiger partial charge in [0.2, 0.25) is 0 Å². The number of hydrogen-bond donors (Lipinski definition) is 1. The Kier molecular flexibility index (Phi) is 10.5. The van der Waals surface area contributed by atoms with Crippen molar-refractivity contribution in [3.63, 3.8) is 0 Å². The van der Waals surface area contributed by atoms with Gasteiger partial charge in [-0.25, -0.2) is 0 Å². The van der Waals surface area contributed by atoms with E-state index in [0.29, 0.717) is 13.0 Å². The molecule has 0 aromatic rings. The fourth-order valence-electron chi connectivity index (χ4n) is 1.59. The van der Waals surface area contributed by atoms with Crippen LogP contribution in [0.4, 0.5) is 0 Å². The van der Waals surface area contributed by atoms with Crippen LogP contribution in [0.1, 0.15) is 39.0 Å². The summed E-state index contributed by atoms with van der Waals surface area (Å²) in [6.45, 7) is 5.74. The van der Waals surface area contributed by atoms with Crippen molar-refractivity contribution in [3.05, 3.63) is 0 Å². The Bertz CT molecular complexity index is 174. The largest absolute Gasteiger partial charge is 0.469 e. The van der Waals surface area contributed by atoms with Crippen LogP contribution in [0.2, 0.25) is 0 Å². The summed E-state index contributed by atoms with van der Waals surface area (Å²) in [5, 5.41) is 0. The Hall–Kier alpha value is -0.610. The summed E-state index contributed by atoms with van der Waals surface area (Å²) >= 11 is 0. The maximum Gasteiger partial charge on any atom is 0.306 e. The normalized spacial score (nSPS) is 10.8. The summed E-state index contributed by atoms with van der Waals surface area (Å²) in [6.07, 6.45) is 5.14. The molecule has 4 heteroatoms. The van der Waals surface area contributed by atoms with Gasteiger partial charge in [-0.05, 0) is 32.5 Å². The second-order valence-electron chi connectivity index (χ2n) is 4.02. The minimum absolute atomic E-state index is 0.131. The van der Waals surface area contributed by atoms with E-state index in [0.717, 1.165) is 26.1 Å². The molecule has 4 nitrogen and oxygen atoms in total. The van der Waals surface area contributed by atoms with Crippen LogP contribution in [-0.2, 0) is 9.53 Å². The van der Waals surface area contributed by atoms with Crippen molar-refractivity contribution in [1.82, 2.24) is 4.90 Å². The molecule has 0 unspecified atom stereocenters. The van der Waals surface area contributed by atoms with Crippen molar-refractivity contribution in [2.45, 2.75) is 39.0 Å². The summed E-state index contributed by atoms with van der Waals surface area (Å²) in [5.74, 6) is -0.131. The van der Waals surface area contributed by atoms with E-state index < -0.39 is 0 Å². The van der Waals surface area contributed by atoms with E-state index >= 15 is 0 Å². The second-order valence-corrected chi connectivity index (χ2v) is 4.02. The number of nitrogens with zero attached hydrogens (tertiary/aromatic N) is 1. The van der Waals surface area contributed by atoms with E-state index in [2.05, 4.69) is 16.6 Å². The topological polar surface area (TPSA) is 55.6 Å². The number of ether oxygens (including phenoxy) is 1. The van der Waals surface area contributed by atoms with Crippen molar-refractivity contribution < 1.29 is 9.53 Å². The summed E-state index contributed by atoms with van der Waals surface area (Å²) < 4.78 is 4.64. The molecule has 0 amide bonds. The van der Waals surface area contributed by atoms with Gasteiger partial charge in [-0.1, -0.05) is 19.8 Å². The number of rotatable bonds is 10. The quantitative estimate of drug-likeness (QED) is 0.455. The van der Waals surface area contributed by atoms with E-state index in [9.17, 15) is 4.79 Å². The van der Waals surface area contributed by atoms with Crippen molar-refractivity contribution in [3.8, 4) is 0 Å². The van der Waals surface area contributed by atoms with Crippen LogP contribution >= 0.6 is 0 Å². The van der Waals surface area contributed by atoms with Crippen LogP contribution in [0.3, 0.4) is 0 Å². The smallest absolute Gasteiger partial charge is 0.306 e. The minimum Gasteiger partial charge on any atom is -0.469 e. The van der Waals surface area contributed by atoms with Gasteiger partial charge in [0, 0.05) is 6.54 Å². The zero-order chi connectivity index (χ0) is 12.2. The summed E-state index contributed by atoms with van der Waals surface area (Å²) in [4.78, 5) is 13.4. The van der Waals surface area contributed by atoms with Crippen molar-refractivity contribution in [2.75, 3.05) is 33.3 Å². The maximum absolute atomic E-state index is 11.0. The molecule has 96 valence electrons. The van der Waals surface area contributed by atoms with Crippen LogP contribution in [-0.4, -0.2) is 44.2 Å². The zero-order valence-electron chi connectivity index (χ0n) is 10.7. The van der Waals surface area contributed by atoms with E-state index in [-0.39, 0.29) is 5.97 Å². The molecular weight excluding hydrogens is 204 g/mol. The van der Waals surface area contributed by atoms with Crippen LogP contribution in [0.15, 0.2) is 0 Å². The van der Waals surface area contributed by atoms with Gasteiger partial charge >= 0.3 is 5.97 Å². The molecule has 0 spiro atoms. The van der Waals surface area contributed by atoms with Crippen LogP contribution < -0.4 is 5.73 Å². The highest BCUT2D eigenvalue weighted by molar-refractivity contribution is 5.69. The highest BCUT2D eigenvalue weighted by atomic mass is 16.5. The fourth-order valence-corrected chi connectivity index (χ4v) is 1.59. The molecule has 0 saturated heterocycles. The van der Waals surface area contributed by atoms with Gasteiger partial charge in [-0.2, -0.15) is 0 Å². The lowest BCUT2D eigenvalue weighted by molar-refractivity contribution is -0.141. The summed E-state index contributed by atoms with van der Waals surface area (Å²) in [7, 11) is 1.43. The van der Waals surface area contributed by atoms with Crippen molar-refractivity contribution >= 4 is 5.97 Å². The molecule has 0 aliphatic carbocycles. The molecule has 0 aliphatic rings. The van der Waals surface area contributed by atoms with E-state index in [1.165, 1.54) is 26.4 Å². The van der Waals surface area contributed by atoms with Crippen LogP contribution in [0.25, 0.3) is 0 Å². The minimum atomic E-state index is -0.131. The van der Waals surface area contributed by atoms with Gasteiger partial charge in [0.05, 0.1) is 13.5 Å². The molecular formula is C12H26N2O2. The monoisotopic (exact) mass is 230 g/mol. The highest BCUT2D eigenvalue weighted by Crippen LogP contribution is 2.01. The first-order valence-corrected chi connectivity index (χ1v) is 6.23. The molecule has 0 aliphatic heterocycles. The van der Waals surface area contributed by atoms with Gasteiger partial charge in [-0.3, -0.25) is 4.79 Å². The van der Waals surface area contributed by atoms with Gasteiger partial charge in [0.25, 0.3) is 0 Å². The fraction of sp³-hybridized carbons (Fsp3) is 0.917. The van der Waals surface area contributed by atoms with Crippen molar-refractivity contribution in [1.29, 1.82) is 0 Å². The lowest BCUT2D eigenvalue weighted by atomic mass is 10.2. The molecule has 16 heavy (non-hydrogen) atoms. The molecule has 0 aromatic heterocycles. The Balaban J connectivity index is 3.75. The number of hydrogen-bond acceptors (Lipinski definition) is 4. The molecule has 0 bridgehead atoms. The first kappa shape index (κ1) is 15.4. The molecule has 0 radical (unpaired) electrons. The molecule has 0 rings (SSSR count). The summed E-state index contributed by atoms with van der Waals surface area (Å²) in [5.41, 5.74) is 5.50. The maximum atomic E-state index is 11.0. The number of esters is 1. The average Bonchev–Trinajstić information content (AvgIpc) is 2.31. The number of nitrogens with two attached hydrogens (primary N) is 1. The third-order valence-electron chi connectivity index (χ3n) is 2.62. The Morgan fingerprint density at radius 3 is 2.44 bits per heavy atom. The van der Waals surface area contributed by atoms with E-state index in [4.69, 9.17) is 5.73 Å². The van der Waals surface area contributed by atoms with E-state index in [1.54, 1.807) is 0 Å². The molecule has 0 saturated carbocycles. The molecule has 0 fully saturated rings. The predicted octanol–water partition coefficient (Wildman–Crippen LogP) is 1.39. The van der Waals surface area contributed by atoms with Gasteiger partial charge in [0.15, 0.2) is 0 Å². The number of methoxy groups -OCH3 is 1. The molecule has 0 atom stereocenters. The zero-order valence-corrected chi connectivity index (χ0v) is 10.7. The number of carbonyl (C=O) groups is 1. The van der Waals surface area contributed by atoms with Gasteiger partial charge in [-0.15, -0.1) is 0 Å². The van der Waals surface area contributed by atoms with Gasteiger partial charge in [0.1, 0.15) is 0 Å². The number of carbonyl (C=O) groups excluding carboxylic acids is 1. The third kappa shape index (κ3) is 8.68. The summed E-state index contributed by atoms with van der Waals surface area (Å²) in [6, 6.07) is 0. The van der Waals surface area contributed by atoms with E-state index in [1.807, 2.05) is 0 Å². The van der Waals surface area contributed by atoms with Crippen molar-refractivity contribution in [2.24, 2.45) is 5.73 Å². The van der Waals surface area contributed by atoms with Crippen LogP contribution in [0.5, 0.6) is 0 Å². The lowest BCUT2D eigenvalue weighted by Gasteiger charge is -2.21. The van der Waals surface area contributed by atoms with Crippen LogP contribution in [0, 0.1) is 0 Å². The highest BCUT2D eigenvalue weighted by Gasteiger charge is 2.07. The first-order chi connectivity index (χ1) is 7.74. The van der Waals surface area contributed by atoms with Gasteiger partial charge < -0.3 is 15.4 Å². The molecule has 0 heterocycles. The average molecular weight is 230 g/mol. The molecule has 0 aromatic carbocycles. The Morgan fingerprint density at radius 1 is 1.19 bits per heavy atom. The SMILES string of the molecule is CCCCCN(CCCN)CCC(=O)OC. The Morgan fingerprint density at radius 2 is 1.88 bits per heavy atom. The third-order valence-corrected chi connectivity index (χ3v) is 2.62. The second kappa shape index (κ2) is 10.9. The number of unbranched alkanes of at least 4 members (excludes halogenated alkanes) is 2. The predicted molar refractivity (Wildman–Crippen MR) is 66.3 cm³/mol. The lowest BCUT2D eigenvalue weighted by Crippen LogP contribution is -2.30. The molecule has 2 N–H and O–H groups in total.